The van der Waals surface area contributed by atoms with Crippen molar-refractivity contribution >= 4 is 34.5 Å². The van der Waals surface area contributed by atoms with Crippen LogP contribution in [-0.2, 0) is 6.18 Å². The van der Waals surface area contributed by atoms with Crippen LogP contribution in [0.25, 0.3) is 10.4 Å². The molecule has 2 N–H and O–H groups in total. The fraction of sp³-hybridized carbons (Fsp3) is 0.0435. The first-order valence-corrected chi connectivity index (χ1v) is 10.3. The number of anilines is 2. The van der Waals surface area contributed by atoms with Crippen LogP contribution in [0.2, 0.25) is 0 Å². The highest BCUT2D eigenvalue weighted by atomic mass is 32.1. The minimum absolute atomic E-state index is 0.0596. The molecule has 4 aromatic rings. The monoisotopic (exact) mass is 474 g/mol. The largest absolute Gasteiger partial charge is 0.459 e. The zero-order valence-electron chi connectivity index (χ0n) is 16.6. The Kier molecular flexibility index (Phi) is 6.01. The minimum atomic E-state index is -4.79. The molecule has 0 saturated heterocycles. The molecule has 0 atom stereocenters. The second-order valence-corrected chi connectivity index (χ2v) is 7.90. The van der Waals surface area contributed by atoms with Crippen LogP contribution >= 0.6 is 11.3 Å². The molecule has 0 spiro atoms. The van der Waals surface area contributed by atoms with Crippen molar-refractivity contribution in [3.05, 3.63) is 95.0 Å². The number of hydrogen-bond acceptors (Lipinski definition) is 4. The van der Waals surface area contributed by atoms with E-state index in [4.69, 9.17) is 4.42 Å². The van der Waals surface area contributed by atoms with Crippen LogP contribution in [0.4, 0.5) is 28.9 Å². The number of alkyl halides is 3. The van der Waals surface area contributed by atoms with Crippen LogP contribution in [0.15, 0.2) is 77.4 Å². The van der Waals surface area contributed by atoms with Gasteiger partial charge >= 0.3 is 6.18 Å². The number of carbonyl (C=O) groups excluding carboxylic acids is 2. The summed E-state index contributed by atoms with van der Waals surface area (Å²) in [5.41, 5.74) is -1.02. The molecule has 0 saturated carbocycles. The molecule has 0 fully saturated rings. The van der Waals surface area contributed by atoms with Crippen LogP contribution < -0.4 is 10.6 Å². The SMILES string of the molecule is O=C(Nc1ccc(NC(=O)c2ccc(-c3ccc(F)cc3)s2)c(C(F)(F)F)c1)c1ccco1. The number of hydrogen-bond donors (Lipinski definition) is 2. The maximum atomic E-state index is 13.6. The molecule has 2 amide bonds. The van der Waals surface area contributed by atoms with Crippen molar-refractivity contribution in [2.24, 2.45) is 0 Å². The molecule has 0 bridgehead atoms. The highest BCUT2D eigenvalue weighted by molar-refractivity contribution is 7.17. The number of carbonyl (C=O) groups is 2. The van der Waals surface area contributed by atoms with E-state index >= 15 is 0 Å². The number of furan rings is 1. The topological polar surface area (TPSA) is 71.3 Å². The van der Waals surface area contributed by atoms with E-state index in [1.165, 1.54) is 42.7 Å². The third-order valence-corrected chi connectivity index (χ3v) is 5.67. The predicted molar refractivity (Wildman–Crippen MR) is 116 cm³/mol. The van der Waals surface area contributed by atoms with E-state index in [1.807, 2.05) is 0 Å². The number of thiophene rings is 1. The highest BCUT2D eigenvalue weighted by Crippen LogP contribution is 2.37. The summed E-state index contributed by atoms with van der Waals surface area (Å²) in [6.07, 6.45) is -3.52. The minimum Gasteiger partial charge on any atom is -0.459 e. The zero-order valence-corrected chi connectivity index (χ0v) is 17.4. The number of rotatable bonds is 5. The Morgan fingerprint density at radius 2 is 1.64 bits per heavy atom. The van der Waals surface area contributed by atoms with Gasteiger partial charge in [0.15, 0.2) is 5.76 Å². The number of amides is 2. The molecule has 10 heteroatoms. The summed E-state index contributed by atoms with van der Waals surface area (Å²) < 4.78 is 58.9. The van der Waals surface area contributed by atoms with Crippen LogP contribution in [0.3, 0.4) is 0 Å². The number of halogens is 4. The van der Waals surface area contributed by atoms with E-state index < -0.39 is 35.1 Å². The van der Waals surface area contributed by atoms with E-state index in [9.17, 15) is 27.2 Å². The van der Waals surface area contributed by atoms with Gasteiger partial charge in [-0.15, -0.1) is 11.3 Å². The molecule has 2 aromatic carbocycles. The standard InChI is InChI=1S/C23H14F4N2O3S/c24-14-5-3-13(4-6-14)19-9-10-20(33-19)22(31)29-17-8-7-15(12-16(17)23(25,26)27)28-21(30)18-2-1-11-32-18/h1-12H,(H,28,30)(H,29,31). The third-order valence-electron chi connectivity index (χ3n) is 4.53. The van der Waals surface area contributed by atoms with Crippen molar-refractivity contribution in [1.82, 2.24) is 0 Å². The van der Waals surface area contributed by atoms with Gasteiger partial charge in [-0.3, -0.25) is 9.59 Å². The Hall–Kier alpha value is -3.92. The lowest BCUT2D eigenvalue weighted by molar-refractivity contribution is -0.136. The van der Waals surface area contributed by atoms with E-state index in [2.05, 4.69) is 10.6 Å². The Bertz CT molecular complexity index is 1300. The lowest BCUT2D eigenvalue weighted by Crippen LogP contribution is -2.17. The summed E-state index contributed by atoms with van der Waals surface area (Å²) in [7, 11) is 0. The van der Waals surface area contributed by atoms with Crippen LogP contribution in [0.5, 0.6) is 0 Å². The van der Waals surface area contributed by atoms with Gasteiger partial charge in [0.05, 0.1) is 22.4 Å². The summed E-state index contributed by atoms with van der Waals surface area (Å²) in [4.78, 5) is 25.5. The van der Waals surface area contributed by atoms with Gasteiger partial charge in [0, 0.05) is 10.6 Å². The third kappa shape index (κ3) is 5.12. The molecule has 2 aromatic heterocycles. The van der Waals surface area contributed by atoms with Gasteiger partial charge in [-0.25, -0.2) is 4.39 Å². The van der Waals surface area contributed by atoms with Crippen LogP contribution in [0, 0.1) is 5.82 Å². The Morgan fingerprint density at radius 3 is 2.30 bits per heavy atom. The molecule has 0 radical (unpaired) electrons. The normalized spacial score (nSPS) is 11.3. The maximum absolute atomic E-state index is 13.6. The second-order valence-electron chi connectivity index (χ2n) is 6.81. The van der Waals surface area contributed by atoms with Crippen molar-refractivity contribution in [2.75, 3.05) is 10.6 Å². The first-order valence-electron chi connectivity index (χ1n) is 9.44. The van der Waals surface area contributed by atoms with Crippen molar-refractivity contribution < 1.29 is 31.6 Å². The summed E-state index contributed by atoms with van der Waals surface area (Å²) in [5.74, 6) is -1.91. The van der Waals surface area contributed by atoms with Crippen molar-refractivity contribution in [1.29, 1.82) is 0 Å². The second kappa shape index (κ2) is 8.91. The summed E-state index contributed by atoms with van der Waals surface area (Å²) in [5, 5.41) is 4.60. The van der Waals surface area contributed by atoms with Crippen LogP contribution in [-0.4, -0.2) is 11.8 Å². The fourth-order valence-corrected chi connectivity index (χ4v) is 3.89. The fourth-order valence-electron chi connectivity index (χ4n) is 2.98. The van der Waals surface area contributed by atoms with E-state index in [1.54, 1.807) is 18.2 Å². The molecule has 2 heterocycles. The lowest BCUT2D eigenvalue weighted by Gasteiger charge is -2.15. The average molecular weight is 474 g/mol. The summed E-state index contributed by atoms with van der Waals surface area (Å²) >= 11 is 1.06. The van der Waals surface area contributed by atoms with Crippen molar-refractivity contribution in [3.8, 4) is 10.4 Å². The average Bonchev–Trinajstić information content (AvgIpc) is 3.47. The van der Waals surface area contributed by atoms with Gasteiger partial charge in [0.2, 0.25) is 0 Å². The van der Waals surface area contributed by atoms with Gasteiger partial charge < -0.3 is 15.1 Å². The van der Waals surface area contributed by atoms with Gasteiger partial charge in [-0.2, -0.15) is 13.2 Å². The molecule has 0 aliphatic heterocycles. The van der Waals surface area contributed by atoms with E-state index in [-0.39, 0.29) is 16.3 Å². The van der Waals surface area contributed by atoms with Gasteiger partial charge in [0.1, 0.15) is 5.82 Å². The summed E-state index contributed by atoms with van der Waals surface area (Å²) in [6.45, 7) is 0. The lowest BCUT2D eigenvalue weighted by atomic mass is 10.1. The quantitative estimate of drug-likeness (QED) is 0.317. The first kappa shape index (κ1) is 22.3. The van der Waals surface area contributed by atoms with Gasteiger partial charge in [-0.1, -0.05) is 12.1 Å². The maximum Gasteiger partial charge on any atom is 0.418 e. The molecular formula is C23H14F4N2O3S. The molecule has 0 aliphatic rings. The summed E-state index contributed by atoms with van der Waals surface area (Å²) in [6, 6.07) is 14.6. The molecular weight excluding hydrogens is 460 g/mol. The first-order chi connectivity index (χ1) is 15.7. The van der Waals surface area contributed by atoms with Crippen LogP contribution in [0.1, 0.15) is 25.8 Å². The molecule has 0 aliphatic carbocycles. The van der Waals surface area contributed by atoms with E-state index in [0.717, 1.165) is 23.5 Å². The Balaban J connectivity index is 1.55. The predicted octanol–water partition coefficient (Wildman–Crippen LogP) is 6.67. The highest BCUT2D eigenvalue weighted by Gasteiger charge is 2.34. The zero-order chi connectivity index (χ0) is 23.6. The Labute approximate surface area is 188 Å². The van der Waals surface area contributed by atoms with Crippen molar-refractivity contribution in [3.63, 3.8) is 0 Å². The number of benzene rings is 2. The molecule has 0 unspecified atom stereocenters. The molecule has 168 valence electrons. The molecule has 4 rings (SSSR count). The van der Waals surface area contributed by atoms with Gasteiger partial charge in [0.25, 0.3) is 11.8 Å². The molecule has 33 heavy (non-hydrogen) atoms. The molecule has 5 nitrogen and oxygen atoms in total. The Morgan fingerprint density at radius 1 is 0.879 bits per heavy atom. The van der Waals surface area contributed by atoms with Crippen molar-refractivity contribution in [2.45, 2.75) is 6.18 Å². The van der Waals surface area contributed by atoms with E-state index in [0.29, 0.717) is 10.4 Å². The smallest absolute Gasteiger partial charge is 0.418 e. The van der Waals surface area contributed by atoms with Gasteiger partial charge in [-0.05, 0) is 60.2 Å². The number of nitrogens with one attached hydrogen (secondary N) is 2.